The van der Waals surface area contributed by atoms with Crippen molar-refractivity contribution in [1.82, 2.24) is 10.2 Å². The molecule has 116 valence electrons. The van der Waals surface area contributed by atoms with Gasteiger partial charge in [0.15, 0.2) is 0 Å². The summed E-state index contributed by atoms with van der Waals surface area (Å²) in [4.78, 5) is 14.5. The van der Waals surface area contributed by atoms with Gasteiger partial charge in [0.25, 0.3) is 0 Å². The van der Waals surface area contributed by atoms with E-state index in [1.807, 2.05) is 0 Å². The fourth-order valence-electron chi connectivity index (χ4n) is 4.32. The Bertz CT molecular complexity index is 322. The highest BCUT2D eigenvalue weighted by atomic mass is 35.5. The Labute approximate surface area is 129 Å². The molecule has 1 unspecified atom stereocenters. The van der Waals surface area contributed by atoms with Gasteiger partial charge in [0.1, 0.15) is 0 Å². The van der Waals surface area contributed by atoms with Gasteiger partial charge < -0.3 is 10.2 Å². The average molecular weight is 301 g/mol. The predicted octanol–water partition coefficient (Wildman–Crippen LogP) is 3.12. The molecule has 0 aromatic rings. The molecule has 0 bridgehead atoms. The topological polar surface area (TPSA) is 32.3 Å². The van der Waals surface area contributed by atoms with Crippen molar-refractivity contribution >= 4 is 18.3 Å². The second-order valence-corrected chi connectivity index (χ2v) is 6.96. The molecule has 4 heteroatoms. The van der Waals surface area contributed by atoms with Crippen molar-refractivity contribution in [2.45, 2.75) is 70.3 Å². The third-order valence-corrected chi connectivity index (χ3v) is 5.57. The van der Waals surface area contributed by atoms with Crippen LogP contribution in [0.15, 0.2) is 0 Å². The van der Waals surface area contributed by atoms with Crippen molar-refractivity contribution in [2.24, 2.45) is 5.41 Å². The first-order chi connectivity index (χ1) is 9.27. The minimum atomic E-state index is 0. The molecule has 1 spiro atoms. The molecule has 1 atom stereocenters. The molecule has 0 radical (unpaired) electrons. The summed E-state index contributed by atoms with van der Waals surface area (Å²) in [6.45, 7) is 3.23. The van der Waals surface area contributed by atoms with Crippen molar-refractivity contribution < 1.29 is 4.79 Å². The molecule has 1 saturated carbocycles. The van der Waals surface area contributed by atoms with Crippen LogP contribution in [0.1, 0.15) is 64.2 Å². The van der Waals surface area contributed by atoms with Crippen molar-refractivity contribution in [3.63, 3.8) is 0 Å². The average Bonchev–Trinajstić information content (AvgIpc) is 3.07. The summed E-state index contributed by atoms with van der Waals surface area (Å²) in [7, 11) is 0. The van der Waals surface area contributed by atoms with E-state index in [0.29, 0.717) is 17.4 Å². The molecule has 3 fully saturated rings. The number of carbonyl (C=O) groups is 1. The van der Waals surface area contributed by atoms with E-state index in [4.69, 9.17) is 0 Å². The van der Waals surface area contributed by atoms with Gasteiger partial charge in [-0.15, -0.1) is 12.4 Å². The molecule has 1 aliphatic carbocycles. The maximum atomic E-state index is 12.3. The van der Waals surface area contributed by atoms with Gasteiger partial charge in [0, 0.05) is 25.6 Å². The molecule has 1 N–H and O–H groups in total. The zero-order valence-electron chi connectivity index (χ0n) is 12.5. The Morgan fingerprint density at radius 1 is 1.15 bits per heavy atom. The monoisotopic (exact) mass is 300 g/mol. The van der Waals surface area contributed by atoms with Gasteiger partial charge in [-0.1, -0.05) is 19.3 Å². The number of hydrogen-bond acceptors (Lipinski definition) is 2. The van der Waals surface area contributed by atoms with E-state index in [2.05, 4.69) is 10.2 Å². The third-order valence-electron chi connectivity index (χ3n) is 5.57. The van der Waals surface area contributed by atoms with Gasteiger partial charge in [0.05, 0.1) is 0 Å². The van der Waals surface area contributed by atoms with Crippen LogP contribution in [0.3, 0.4) is 0 Å². The third kappa shape index (κ3) is 3.67. The maximum Gasteiger partial charge on any atom is 0.222 e. The van der Waals surface area contributed by atoms with Crippen molar-refractivity contribution in [1.29, 1.82) is 0 Å². The Balaban J connectivity index is 0.00000147. The Hall–Kier alpha value is -0.280. The van der Waals surface area contributed by atoms with Crippen LogP contribution in [0.25, 0.3) is 0 Å². The summed E-state index contributed by atoms with van der Waals surface area (Å²) in [6.07, 6.45) is 12.5. The minimum absolute atomic E-state index is 0. The molecule has 2 aliphatic heterocycles. The predicted molar refractivity (Wildman–Crippen MR) is 84.2 cm³/mol. The lowest BCUT2D eigenvalue weighted by Crippen LogP contribution is -2.34. The van der Waals surface area contributed by atoms with Crippen LogP contribution < -0.4 is 5.32 Å². The summed E-state index contributed by atoms with van der Waals surface area (Å²) >= 11 is 0. The quantitative estimate of drug-likeness (QED) is 0.868. The van der Waals surface area contributed by atoms with Crippen LogP contribution in [-0.4, -0.2) is 36.5 Å². The van der Waals surface area contributed by atoms with E-state index in [1.54, 1.807) is 0 Å². The van der Waals surface area contributed by atoms with Crippen LogP contribution >= 0.6 is 12.4 Å². The van der Waals surface area contributed by atoms with Gasteiger partial charge in [-0.05, 0) is 50.5 Å². The number of amides is 1. The molecule has 0 aromatic carbocycles. The molecule has 0 aromatic heterocycles. The lowest BCUT2D eigenvalue weighted by atomic mass is 9.73. The second kappa shape index (κ2) is 7.13. The molecular formula is C16H29ClN2O. The maximum absolute atomic E-state index is 12.3. The van der Waals surface area contributed by atoms with Crippen LogP contribution in [0.5, 0.6) is 0 Å². The second-order valence-electron chi connectivity index (χ2n) is 6.96. The Kier molecular flexibility index (Phi) is 5.74. The number of nitrogens with zero attached hydrogens (tertiary/aromatic N) is 1. The first kappa shape index (κ1) is 16.1. The van der Waals surface area contributed by atoms with E-state index >= 15 is 0 Å². The molecular weight excluding hydrogens is 272 g/mol. The van der Waals surface area contributed by atoms with E-state index in [0.717, 1.165) is 32.5 Å². The van der Waals surface area contributed by atoms with Crippen molar-refractivity contribution in [2.75, 3.05) is 19.6 Å². The van der Waals surface area contributed by atoms with Crippen LogP contribution in [-0.2, 0) is 4.79 Å². The number of carbonyl (C=O) groups excluding carboxylic acids is 1. The van der Waals surface area contributed by atoms with E-state index in [1.165, 1.54) is 51.4 Å². The van der Waals surface area contributed by atoms with Crippen molar-refractivity contribution in [3.05, 3.63) is 0 Å². The number of hydrogen-bond donors (Lipinski definition) is 1. The standard InChI is InChI=1S/C16H28N2O.ClH/c19-15(7-6-14-5-4-11-17-14)18-12-10-16(13-18)8-2-1-3-9-16;/h14,17H,1-13H2;1H. The van der Waals surface area contributed by atoms with E-state index in [-0.39, 0.29) is 12.4 Å². The number of rotatable bonds is 3. The summed E-state index contributed by atoms with van der Waals surface area (Å²) in [5.41, 5.74) is 0.513. The highest BCUT2D eigenvalue weighted by Crippen LogP contribution is 2.43. The molecule has 2 saturated heterocycles. The fourth-order valence-corrected chi connectivity index (χ4v) is 4.32. The lowest BCUT2D eigenvalue weighted by molar-refractivity contribution is -0.130. The summed E-state index contributed by atoms with van der Waals surface area (Å²) in [5.74, 6) is 0.413. The summed E-state index contributed by atoms with van der Waals surface area (Å²) < 4.78 is 0. The van der Waals surface area contributed by atoms with Gasteiger partial charge in [-0.2, -0.15) is 0 Å². The van der Waals surface area contributed by atoms with Crippen LogP contribution in [0, 0.1) is 5.41 Å². The molecule has 3 aliphatic rings. The molecule has 2 heterocycles. The molecule has 3 rings (SSSR count). The molecule has 3 nitrogen and oxygen atoms in total. The first-order valence-electron chi connectivity index (χ1n) is 8.29. The lowest BCUT2D eigenvalue weighted by Gasteiger charge is -2.33. The number of likely N-dealkylation sites (tertiary alicyclic amines) is 1. The molecule has 20 heavy (non-hydrogen) atoms. The van der Waals surface area contributed by atoms with Gasteiger partial charge >= 0.3 is 0 Å². The fraction of sp³-hybridized carbons (Fsp3) is 0.938. The highest BCUT2D eigenvalue weighted by molar-refractivity contribution is 5.85. The Morgan fingerprint density at radius 3 is 2.65 bits per heavy atom. The largest absolute Gasteiger partial charge is 0.342 e. The van der Waals surface area contributed by atoms with E-state index < -0.39 is 0 Å². The summed E-state index contributed by atoms with van der Waals surface area (Å²) in [5, 5.41) is 3.49. The highest BCUT2D eigenvalue weighted by Gasteiger charge is 2.40. The first-order valence-corrected chi connectivity index (χ1v) is 8.29. The van der Waals surface area contributed by atoms with Gasteiger partial charge in [0.2, 0.25) is 5.91 Å². The normalized spacial score (nSPS) is 28.6. The summed E-state index contributed by atoms with van der Waals surface area (Å²) in [6, 6.07) is 0.607. The zero-order chi connectivity index (χ0) is 13.1. The number of halogens is 1. The minimum Gasteiger partial charge on any atom is -0.342 e. The van der Waals surface area contributed by atoms with Gasteiger partial charge in [-0.3, -0.25) is 4.79 Å². The van der Waals surface area contributed by atoms with Crippen LogP contribution in [0.4, 0.5) is 0 Å². The smallest absolute Gasteiger partial charge is 0.222 e. The SMILES string of the molecule is Cl.O=C(CCC1CCCN1)N1CCC2(CCCCC2)C1. The van der Waals surface area contributed by atoms with Gasteiger partial charge in [-0.25, -0.2) is 0 Å². The van der Waals surface area contributed by atoms with E-state index in [9.17, 15) is 4.79 Å². The van der Waals surface area contributed by atoms with Crippen molar-refractivity contribution in [3.8, 4) is 0 Å². The zero-order valence-corrected chi connectivity index (χ0v) is 13.3. The molecule has 1 amide bonds. The number of nitrogens with one attached hydrogen (secondary N) is 1. The Morgan fingerprint density at radius 2 is 1.95 bits per heavy atom. The van der Waals surface area contributed by atoms with Crippen LogP contribution in [0.2, 0.25) is 0 Å².